The lowest BCUT2D eigenvalue weighted by Gasteiger charge is -2.06. The van der Waals surface area contributed by atoms with Gasteiger partial charge in [0.05, 0.1) is 17.5 Å². The van der Waals surface area contributed by atoms with Crippen LogP contribution in [-0.2, 0) is 20.9 Å². The number of fused-ring (bicyclic) bond motifs is 1. The molecule has 140 valence electrons. The summed E-state index contributed by atoms with van der Waals surface area (Å²) in [6.45, 7) is -0.455. The highest BCUT2D eigenvalue weighted by Crippen LogP contribution is 2.22. The Bertz CT molecular complexity index is 1060. The fourth-order valence-corrected chi connectivity index (χ4v) is 3.22. The highest BCUT2D eigenvalue weighted by Gasteiger charge is 2.15. The molecule has 0 saturated carbocycles. The number of rotatable bonds is 7. The largest absolute Gasteiger partial charge is 0.456 e. The Morgan fingerprint density at radius 2 is 2.00 bits per heavy atom. The molecule has 3 aromatic rings. The first kappa shape index (κ1) is 18.4. The molecule has 0 unspecified atom stereocenters. The molecule has 0 radical (unpaired) electrons. The van der Waals surface area contributed by atoms with Crippen molar-refractivity contribution in [3.05, 3.63) is 51.8 Å². The Balaban J connectivity index is 1.51. The van der Waals surface area contributed by atoms with Gasteiger partial charge in [0.2, 0.25) is 0 Å². The molecule has 0 fully saturated rings. The maximum absolute atomic E-state index is 11.8. The summed E-state index contributed by atoms with van der Waals surface area (Å²) in [4.78, 5) is 46.7. The fourth-order valence-electron chi connectivity index (χ4n) is 2.41. The van der Waals surface area contributed by atoms with E-state index in [4.69, 9.17) is 14.9 Å². The minimum atomic E-state index is -0.665. The maximum Gasteiger partial charge on any atom is 0.419 e. The van der Waals surface area contributed by atoms with E-state index in [0.717, 1.165) is 11.3 Å². The predicted molar refractivity (Wildman–Crippen MR) is 97.5 cm³/mol. The average Bonchev–Trinajstić information content (AvgIpc) is 3.21. The number of nitrogens with zero attached hydrogens (tertiary/aromatic N) is 1. The fraction of sp³-hybridized carbons (Fsp3) is 0.176. The predicted octanol–water partition coefficient (Wildman–Crippen LogP) is 1.33. The third kappa shape index (κ3) is 4.23. The van der Waals surface area contributed by atoms with Crippen molar-refractivity contribution in [3.63, 3.8) is 0 Å². The van der Waals surface area contributed by atoms with Crippen molar-refractivity contribution >= 4 is 45.2 Å². The molecule has 0 atom stereocenters. The number of ether oxygens (including phenoxy) is 1. The maximum atomic E-state index is 11.8. The monoisotopic (exact) mass is 389 g/mol. The topological polar surface area (TPSA) is 134 Å². The Morgan fingerprint density at radius 3 is 2.78 bits per heavy atom. The van der Waals surface area contributed by atoms with Gasteiger partial charge < -0.3 is 20.2 Å². The molecule has 2 aromatic heterocycles. The van der Waals surface area contributed by atoms with Crippen LogP contribution in [-0.4, -0.2) is 29.0 Å². The zero-order valence-electron chi connectivity index (χ0n) is 14.0. The number of benzene rings is 1. The summed E-state index contributed by atoms with van der Waals surface area (Å²) in [6, 6.07) is 8.33. The first-order valence-corrected chi connectivity index (χ1v) is 8.75. The number of aryl methyl sites for hydroxylation is 1. The van der Waals surface area contributed by atoms with Gasteiger partial charge in [-0.05, 0) is 23.6 Å². The summed E-state index contributed by atoms with van der Waals surface area (Å²) < 4.78 is 11.3. The van der Waals surface area contributed by atoms with E-state index in [1.807, 2.05) is 0 Å². The Hall–Kier alpha value is -3.40. The summed E-state index contributed by atoms with van der Waals surface area (Å²) in [6.07, 6.45) is -0.109. The number of anilines is 1. The molecule has 9 nitrogen and oxygen atoms in total. The van der Waals surface area contributed by atoms with Crippen LogP contribution in [0.2, 0.25) is 0 Å². The average molecular weight is 389 g/mol. The molecule has 0 bridgehead atoms. The van der Waals surface area contributed by atoms with E-state index in [1.165, 1.54) is 10.6 Å². The zero-order valence-corrected chi connectivity index (χ0v) is 14.8. The lowest BCUT2D eigenvalue weighted by Crippen LogP contribution is -2.23. The van der Waals surface area contributed by atoms with Crippen LogP contribution in [0.15, 0.2) is 44.9 Å². The molecule has 10 heteroatoms. The van der Waals surface area contributed by atoms with Gasteiger partial charge in [0, 0.05) is 6.54 Å². The molecule has 27 heavy (non-hydrogen) atoms. The summed E-state index contributed by atoms with van der Waals surface area (Å²) in [5, 5.41) is 4.36. The SMILES string of the molecule is NC(=O)c1ccsc1NC(=O)COC(=O)CCn1c(=O)oc2ccccc21. The number of carbonyl (C=O) groups excluding carboxylic acids is 3. The highest BCUT2D eigenvalue weighted by molar-refractivity contribution is 7.14. The lowest BCUT2D eigenvalue weighted by molar-refractivity contribution is -0.147. The number of nitrogens with two attached hydrogens (primary N) is 1. The molecule has 0 aliphatic heterocycles. The van der Waals surface area contributed by atoms with Gasteiger partial charge in [0.1, 0.15) is 5.00 Å². The van der Waals surface area contributed by atoms with Crippen molar-refractivity contribution in [2.24, 2.45) is 5.73 Å². The van der Waals surface area contributed by atoms with Crippen molar-refractivity contribution in [2.45, 2.75) is 13.0 Å². The number of thiophene rings is 1. The molecule has 0 aliphatic carbocycles. The second kappa shape index (κ2) is 7.87. The summed E-state index contributed by atoms with van der Waals surface area (Å²) in [5.41, 5.74) is 6.38. The highest BCUT2D eigenvalue weighted by atomic mass is 32.1. The third-order valence-corrected chi connectivity index (χ3v) is 4.49. The number of aromatic nitrogens is 1. The molecule has 2 amide bonds. The number of hydrogen-bond donors (Lipinski definition) is 2. The number of nitrogens with one attached hydrogen (secondary N) is 1. The van der Waals surface area contributed by atoms with Gasteiger partial charge in [-0.2, -0.15) is 0 Å². The summed E-state index contributed by atoms with van der Waals surface area (Å²) >= 11 is 1.13. The number of para-hydroxylation sites is 2. The molecule has 3 N–H and O–H groups in total. The van der Waals surface area contributed by atoms with Gasteiger partial charge in [-0.1, -0.05) is 12.1 Å². The first-order chi connectivity index (χ1) is 13.0. The molecular formula is C17H15N3O6S. The van der Waals surface area contributed by atoms with Crippen molar-refractivity contribution in [2.75, 3.05) is 11.9 Å². The number of esters is 1. The van der Waals surface area contributed by atoms with Crippen LogP contribution in [0, 0.1) is 0 Å². The van der Waals surface area contributed by atoms with Crippen LogP contribution in [0.4, 0.5) is 5.00 Å². The number of amides is 2. The van der Waals surface area contributed by atoms with E-state index in [9.17, 15) is 19.2 Å². The Labute approximate surface area is 156 Å². The van der Waals surface area contributed by atoms with Gasteiger partial charge in [-0.15, -0.1) is 11.3 Å². The summed E-state index contributed by atoms with van der Waals surface area (Å²) in [5.74, 6) is -2.48. The van der Waals surface area contributed by atoms with E-state index >= 15 is 0 Å². The van der Waals surface area contributed by atoms with Crippen LogP contribution in [0.25, 0.3) is 11.1 Å². The lowest BCUT2D eigenvalue weighted by atomic mass is 10.3. The smallest absolute Gasteiger partial charge is 0.419 e. The Morgan fingerprint density at radius 1 is 1.22 bits per heavy atom. The molecule has 3 rings (SSSR count). The quantitative estimate of drug-likeness (QED) is 0.586. The zero-order chi connectivity index (χ0) is 19.4. The van der Waals surface area contributed by atoms with Gasteiger partial charge in [0.15, 0.2) is 12.2 Å². The van der Waals surface area contributed by atoms with E-state index < -0.39 is 30.1 Å². The minimum Gasteiger partial charge on any atom is -0.456 e. The van der Waals surface area contributed by atoms with E-state index in [-0.39, 0.29) is 18.5 Å². The second-order valence-corrected chi connectivity index (χ2v) is 6.39. The van der Waals surface area contributed by atoms with Crippen LogP contribution in [0.3, 0.4) is 0 Å². The third-order valence-electron chi connectivity index (χ3n) is 3.66. The van der Waals surface area contributed by atoms with Crippen molar-refractivity contribution in [3.8, 4) is 0 Å². The van der Waals surface area contributed by atoms with Gasteiger partial charge in [-0.25, -0.2) is 4.79 Å². The number of carbonyl (C=O) groups is 3. The molecule has 1 aromatic carbocycles. The van der Waals surface area contributed by atoms with Gasteiger partial charge in [0.25, 0.3) is 11.8 Å². The van der Waals surface area contributed by atoms with Crippen LogP contribution in [0.5, 0.6) is 0 Å². The van der Waals surface area contributed by atoms with Gasteiger partial charge in [-0.3, -0.25) is 19.0 Å². The normalized spacial score (nSPS) is 10.7. The van der Waals surface area contributed by atoms with E-state index in [0.29, 0.717) is 16.1 Å². The molecule has 0 aliphatic rings. The van der Waals surface area contributed by atoms with Crippen molar-refractivity contribution < 1.29 is 23.5 Å². The summed E-state index contributed by atoms with van der Waals surface area (Å²) in [7, 11) is 0. The number of hydrogen-bond acceptors (Lipinski definition) is 7. The van der Waals surface area contributed by atoms with Crippen molar-refractivity contribution in [1.82, 2.24) is 4.57 Å². The second-order valence-electron chi connectivity index (χ2n) is 5.47. The van der Waals surface area contributed by atoms with E-state index in [1.54, 1.807) is 29.6 Å². The van der Waals surface area contributed by atoms with Gasteiger partial charge >= 0.3 is 11.7 Å². The van der Waals surface area contributed by atoms with Crippen LogP contribution < -0.4 is 16.8 Å². The standard InChI is InChI=1S/C17H15N3O6S/c18-15(23)10-6-8-27-16(10)19-13(21)9-25-14(22)5-7-20-11-3-1-2-4-12(11)26-17(20)24/h1-4,6,8H,5,7,9H2,(H2,18,23)(H,19,21). The molecule has 2 heterocycles. The van der Waals surface area contributed by atoms with Crippen LogP contribution in [0.1, 0.15) is 16.8 Å². The molecule has 0 saturated heterocycles. The van der Waals surface area contributed by atoms with E-state index in [2.05, 4.69) is 5.32 Å². The minimum absolute atomic E-state index is 0.0625. The molecule has 0 spiro atoms. The molecular weight excluding hydrogens is 374 g/mol. The first-order valence-electron chi connectivity index (χ1n) is 7.87. The van der Waals surface area contributed by atoms with Crippen LogP contribution >= 0.6 is 11.3 Å². The number of oxazole rings is 1. The Kier molecular flexibility index (Phi) is 5.36. The van der Waals surface area contributed by atoms with Crippen molar-refractivity contribution in [1.29, 1.82) is 0 Å². The number of primary amides is 1.